The fourth-order valence-electron chi connectivity index (χ4n) is 1.49. The molecule has 1 unspecified atom stereocenters. The Balaban J connectivity index is 1.70. The maximum atomic E-state index is 9.79. The Hall–Kier alpha value is -0.690. The lowest BCUT2D eigenvalue weighted by atomic mass is 10.3. The summed E-state index contributed by atoms with van der Waals surface area (Å²) in [5.41, 5.74) is 0. The van der Waals surface area contributed by atoms with Crippen LogP contribution in [0.15, 0.2) is 34.4 Å². The third-order valence-corrected chi connectivity index (χ3v) is 4.24. The fraction of sp³-hybridized carbons (Fsp3) is 0.364. The van der Waals surface area contributed by atoms with E-state index in [0.717, 1.165) is 11.0 Å². The van der Waals surface area contributed by atoms with Gasteiger partial charge in [0.2, 0.25) is 0 Å². The van der Waals surface area contributed by atoms with Crippen LogP contribution < -0.4 is 5.32 Å². The first-order valence-corrected chi connectivity index (χ1v) is 7.01. The molecule has 0 bridgehead atoms. The SMILES string of the molecule is OC(CNCc1sccc1Br)Cn1cccn1. The molecular formula is C11H14BrN3OS. The van der Waals surface area contributed by atoms with E-state index in [9.17, 15) is 5.11 Å². The summed E-state index contributed by atoms with van der Waals surface area (Å²) in [6.07, 6.45) is 3.13. The number of aromatic nitrogens is 2. The van der Waals surface area contributed by atoms with Crippen molar-refractivity contribution < 1.29 is 5.11 Å². The number of nitrogens with zero attached hydrogens (tertiary/aromatic N) is 2. The van der Waals surface area contributed by atoms with Crippen molar-refractivity contribution in [2.45, 2.75) is 19.2 Å². The predicted molar refractivity (Wildman–Crippen MR) is 72.0 cm³/mol. The molecule has 4 nitrogen and oxygen atoms in total. The molecule has 17 heavy (non-hydrogen) atoms. The van der Waals surface area contributed by atoms with Crippen molar-refractivity contribution in [2.24, 2.45) is 0 Å². The van der Waals surface area contributed by atoms with Gasteiger partial charge in [-0.3, -0.25) is 4.68 Å². The molecule has 1 atom stereocenters. The first-order valence-electron chi connectivity index (χ1n) is 5.34. The van der Waals surface area contributed by atoms with E-state index in [1.54, 1.807) is 22.2 Å². The fourth-order valence-corrected chi connectivity index (χ4v) is 2.95. The van der Waals surface area contributed by atoms with E-state index in [1.807, 2.05) is 23.7 Å². The smallest absolute Gasteiger partial charge is 0.0860 e. The van der Waals surface area contributed by atoms with Gasteiger partial charge < -0.3 is 10.4 Å². The Labute approximate surface area is 112 Å². The van der Waals surface area contributed by atoms with Crippen molar-refractivity contribution in [3.05, 3.63) is 39.3 Å². The Morgan fingerprint density at radius 1 is 1.59 bits per heavy atom. The van der Waals surface area contributed by atoms with Gasteiger partial charge in [0, 0.05) is 34.8 Å². The lowest BCUT2D eigenvalue weighted by Crippen LogP contribution is -2.30. The highest BCUT2D eigenvalue weighted by molar-refractivity contribution is 9.10. The van der Waals surface area contributed by atoms with Crippen LogP contribution in [0.5, 0.6) is 0 Å². The van der Waals surface area contributed by atoms with Crippen LogP contribution in [0.4, 0.5) is 0 Å². The van der Waals surface area contributed by atoms with Gasteiger partial charge in [0.25, 0.3) is 0 Å². The minimum atomic E-state index is -0.423. The first kappa shape index (κ1) is 12.8. The van der Waals surface area contributed by atoms with Crippen molar-refractivity contribution in [2.75, 3.05) is 6.54 Å². The number of aliphatic hydroxyl groups excluding tert-OH is 1. The van der Waals surface area contributed by atoms with Crippen LogP contribution >= 0.6 is 27.3 Å². The summed E-state index contributed by atoms with van der Waals surface area (Å²) in [4.78, 5) is 1.25. The van der Waals surface area contributed by atoms with Gasteiger partial charge in [-0.25, -0.2) is 0 Å². The molecule has 92 valence electrons. The van der Waals surface area contributed by atoms with E-state index in [-0.39, 0.29) is 0 Å². The van der Waals surface area contributed by atoms with Gasteiger partial charge in [0.1, 0.15) is 0 Å². The summed E-state index contributed by atoms with van der Waals surface area (Å²) in [5, 5.41) is 19.1. The van der Waals surface area contributed by atoms with Gasteiger partial charge in [-0.1, -0.05) is 0 Å². The van der Waals surface area contributed by atoms with Gasteiger partial charge in [-0.05, 0) is 33.4 Å². The number of hydrogen-bond acceptors (Lipinski definition) is 4. The first-order chi connectivity index (χ1) is 8.25. The second kappa shape index (κ2) is 6.30. The summed E-state index contributed by atoms with van der Waals surface area (Å²) < 4.78 is 2.85. The molecular weight excluding hydrogens is 302 g/mol. The van der Waals surface area contributed by atoms with Crippen LogP contribution in [0.25, 0.3) is 0 Å². The van der Waals surface area contributed by atoms with Gasteiger partial charge in [-0.15, -0.1) is 11.3 Å². The zero-order chi connectivity index (χ0) is 12.1. The molecule has 0 radical (unpaired) electrons. The molecule has 6 heteroatoms. The average Bonchev–Trinajstić information content (AvgIpc) is 2.91. The third kappa shape index (κ3) is 3.92. The minimum Gasteiger partial charge on any atom is -0.390 e. The summed E-state index contributed by atoms with van der Waals surface area (Å²) in [5.74, 6) is 0. The van der Waals surface area contributed by atoms with Crippen LogP contribution in [0.1, 0.15) is 4.88 Å². The Morgan fingerprint density at radius 3 is 3.12 bits per heavy atom. The number of hydrogen-bond donors (Lipinski definition) is 2. The highest BCUT2D eigenvalue weighted by Crippen LogP contribution is 2.21. The van der Waals surface area contributed by atoms with Gasteiger partial charge in [0.15, 0.2) is 0 Å². The third-order valence-electron chi connectivity index (χ3n) is 2.31. The molecule has 0 fully saturated rings. The number of nitrogens with one attached hydrogen (secondary N) is 1. The van der Waals surface area contributed by atoms with Crippen molar-refractivity contribution in [1.29, 1.82) is 0 Å². The van der Waals surface area contributed by atoms with Gasteiger partial charge in [-0.2, -0.15) is 5.10 Å². The van der Waals surface area contributed by atoms with E-state index in [1.165, 1.54) is 4.88 Å². The van der Waals surface area contributed by atoms with Crippen LogP contribution in [0.2, 0.25) is 0 Å². The summed E-state index contributed by atoms with van der Waals surface area (Å²) in [6.45, 7) is 1.85. The Morgan fingerprint density at radius 2 is 2.47 bits per heavy atom. The topological polar surface area (TPSA) is 50.1 Å². The van der Waals surface area contributed by atoms with Gasteiger partial charge in [0.05, 0.1) is 12.6 Å². The maximum absolute atomic E-state index is 9.79. The zero-order valence-electron chi connectivity index (χ0n) is 9.21. The monoisotopic (exact) mass is 315 g/mol. The molecule has 2 rings (SSSR count). The Kier molecular flexibility index (Phi) is 4.73. The van der Waals surface area contributed by atoms with E-state index < -0.39 is 6.10 Å². The summed E-state index contributed by atoms with van der Waals surface area (Å²) in [6, 6.07) is 3.88. The maximum Gasteiger partial charge on any atom is 0.0860 e. The van der Waals surface area contributed by atoms with Crippen molar-refractivity contribution in [1.82, 2.24) is 15.1 Å². The van der Waals surface area contributed by atoms with E-state index in [2.05, 4.69) is 26.3 Å². The minimum absolute atomic E-state index is 0.423. The second-order valence-corrected chi connectivity index (χ2v) is 5.56. The molecule has 2 N–H and O–H groups in total. The lowest BCUT2D eigenvalue weighted by Gasteiger charge is -2.11. The Bertz CT molecular complexity index is 443. The van der Waals surface area contributed by atoms with Crippen molar-refractivity contribution in [3.63, 3.8) is 0 Å². The number of rotatable bonds is 6. The molecule has 2 heterocycles. The zero-order valence-corrected chi connectivity index (χ0v) is 11.6. The summed E-state index contributed by atoms with van der Waals surface area (Å²) in [7, 11) is 0. The largest absolute Gasteiger partial charge is 0.390 e. The highest BCUT2D eigenvalue weighted by Gasteiger charge is 2.06. The van der Waals surface area contributed by atoms with Crippen LogP contribution in [-0.2, 0) is 13.1 Å². The molecule has 0 aliphatic heterocycles. The molecule has 0 saturated heterocycles. The van der Waals surface area contributed by atoms with Gasteiger partial charge >= 0.3 is 0 Å². The number of aliphatic hydroxyl groups is 1. The number of halogens is 1. The van der Waals surface area contributed by atoms with E-state index in [4.69, 9.17) is 0 Å². The quantitative estimate of drug-likeness (QED) is 0.855. The van der Waals surface area contributed by atoms with Crippen LogP contribution in [0.3, 0.4) is 0 Å². The summed E-state index contributed by atoms with van der Waals surface area (Å²) >= 11 is 5.17. The van der Waals surface area contributed by atoms with Crippen LogP contribution in [-0.4, -0.2) is 27.5 Å². The number of thiophene rings is 1. The molecule has 0 spiro atoms. The lowest BCUT2D eigenvalue weighted by molar-refractivity contribution is 0.146. The molecule has 0 saturated carbocycles. The second-order valence-electron chi connectivity index (χ2n) is 3.70. The normalized spacial score (nSPS) is 12.8. The molecule has 0 amide bonds. The standard InChI is InChI=1S/C11H14BrN3OS/c12-10-2-5-17-11(10)7-13-6-9(16)8-15-4-1-3-14-15/h1-5,9,13,16H,6-8H2. The molecule has 2 aromatic rings. The van der Waals surface area contributed by atoms with E-state index in [0.29, 0.717) is 13.1 Å². The van der Waals surface area contributed by atoms with E-state index >= 15 is 0 Å². The van der Waals surface area contributed by atoms with Crippen LogP contribution in [0, 0.1) is 0 Å². The molecule has 0 aromatic carbocycles. The molecule has 0 aliphatic carbocycles. The molecule has 0 aliphatic rings. The van der Waals surface area contributed by atoms with Crippen molar-refractivity contribution >= 4 is 27.3 Å². The predicted octanol–water partition coefficient (Wildman–Crippen LogP) is 1.86. The average molecular weight is 316 g/mol. The molecule has 2 aromatic heterocycles. The highest BCUT2D eigenvalue weighted by atomic mass is 79.9. The van der Waals surface area contributed by atoms with Crippen molar-refractivity contribution in [3.8, 4) is 0 Å².